The largest absolute Gasteiger partial charge is 0.444 e. The maximum atomic E-state index is 12.5. The van der Waals surface area contributed by atoms with E-state index in [1.54, 1.807) is 12.1 Å². The zero-order chi connectivity index (χ0) is 17.1. The topological polar surface area (TPSA) is 58.4 Å². The van der Waals surface area contributed by atoms with Crippen LogP contribution in [-0.2, 0) is 6.54 Å². The average Bonchev–Trinajstić information content (AvgIpc) is 2.91. The summed E-state index contributed by atoms with van der Waals surface area (Å²) in [6.07, 6.45) is 3.33. The van der Waals surface area contributed by atoms with E-state index < -0.39 is 0 Å². The first-order valence-corrected chi connectivity index (χ1v) is 8.68. The van der Waals surface area contributed by atoms with Gasteiger partial charge in [0.1, 0.15) is 5.76 Å². The minimum atomic E-state index is 0.0187. The quantitative estimate of drug-likeness (QED) is 0.901. The molecule has 6 heteroatoms. The lowest BCUT2D eigenvalue weighted by Gasteiger charge is -2.27. The van der Waals surface area contributed by atoms with Crippen LogP contribution in [0, 0.1) is 13.8 Å². The summed E-state index contributed by atoms with van der Waals surface area (Å²) in [7, 11) is 0. The Bertz CT molecular complexity index is 716. The van der Waals surface area contributed by atoms with Gasteiger partial charge in [-0.1, -0.05) is 11.6 Å². The molecular formula is C18H22ClN3O2. The van der Waals surface area contributed by atoms with E-state index in [1.807, 2.05) is 24.8 Å². The van der Waals surface area contributed by atoms with Gasteiger partial charge in [-0.25, -0.2) is 4.98 Å². The summed E-state index contributed by atoms with van der Waals surface area (Å²) in [5.74, 6) is 1.48. The smallest absolute Gasteiger partial charge is 0.255 e. The lowest BCUT2D eigenvalue weighted by Crippen LogP contribution is -2.35. The molecule has 0 radical (unpaired) electrons. The molecule has 1 amide bonds. The van der Waals surface area contributed by atoms with E-state index in [4.69, 9.17) is 16.0 Å². The molecule has 2 heterocycles. The van der Waals surface area contributed by atoms with Gasteiger partial charge in [0.2, 0.25) is 5.89 Å². The molecule has 24 heavy (non-hydrogen) atoms. The normalized spacial score (nSPS) is 14.7. The fourth-order valence-corrected chi connectivity index (χ4v) is 3.12. The molecule has 0 aliphatic carbocycles. The summed E-state index contributed by atoms with van der Waals surface area (Å²) in [6, 6.07) is 5.43. The number of halogens is 1. The predicted octanol–water partition coefficient (Wildman–Crippen LogP) is 4.18. The number of nitrogens with one attached hydrogen (secondary N) is 1. The van der Waals surface area contributed by atoms with E-state index in [-0.39, 0.29) is 5.91 Å². The van der Waals surface area contributed by atoms with Crippen LogP contribution in [0.4, 0.5) is 5.69 Å². The monoisotopic (exact) mass is 347 g/mol. The number of oxazole rings is 1. The second-order valence-electron chi connectivity index (χ2n) is 6.15. The molecular weight excluding hydrogens is 326 g/mol. The Morgan fingerprint density at radius 2 is 2.04 bits per heavy atom. The van der Waals surface area contributed by atoms with Crippen LogP contribution in [0.3, 0.4) is 0 Å². The zero-order valence-electron chi connectivity index (χ0n) is 14.1. The highest BCUT2D eigenvalue weighted by atomic mass is 35.5. The SMILES string of the molecule is Cc1nc(CNc2ccc(C(=O)N3CCCCC3)c(Cl)c2)oc1C. The Labute approximate surface area is 147 Å². The van der Waals surface area contributed by atoms with Crippen LogP contribution >= 0.6 is 11.6 Å². The van der Waals surface area contributed by atoms with Gasteiger partial charge in [0, 0.05) is 18.8 Å². The summed E-state index contributed by atoms with van der Waals surface area (Å²) in [5, 5.41) is 3.69. The third-order valence-corrected chi connectivity index (χ3v) is 4.67. The number of aromatic nitrogens is 1. The molecule has 1 N–H and O–H groups in total. The van der Waals surface area contributed by atoms with Crippen molar-refractivity contribution in [1.82, 2.24) is 9.88 Å². The first-order valence-electron chi connectivity index (χ1n) is 8.30. The van der Waals surface area contributed by atoms with Crippen molar-refractivity contribution < 1.29 is 9.21 Å². The fraction of sp³-hybridized carbons (Fsp3) is 0.444. The van der Waals surface area contributed by atoms with Crippen LogP contribution in [0.1, 0.15) is 47.0 Å². The lowest BCUT2D eigenvalue weighted by atomic mass is 10.1. The number of piperidine rings is 1. The van der Waals surface area contributed by atoms with Crippen molar-refractivity contribution >= 4 is 23.2 Å². The van der Waals surface area contributed by atoms with Crippen LogP contribution in [-0.4, -0.2) is 28.9 Å². The van der Waals surface area contributed by atoms with Crippen molar-refractivity contribution in [2.24, 2.45) is 0 Å². The van der Waals surface area contributed by atoms with Crippen molar-refractivity contribution in [3.05, 3.63) is 46.1 Å². The van der Waals surface area contributed by atoms with Gasteiger partial charge < -0.3 is 14.6 Å². The minimum Gasteiger partial charge on any atom is -0.444 e. The van der Waals surface area contributed by atoms with Crippen LogP contribution in [0.15, 0.2) is 22.6 Å². The van der Waals surface area contributed by atoms with Gasteiger partial charge in [0.15, 0.2) is 0 Å². The Morgan fingerprint density at radius 1 is 1.29 bits per heavy atom. The number of nitrogens with zero attached hydrogens (tertiary/aromatic N) is 2. The van der Waals surface area contributed by atoms with Crippen molar-refractivity contribution in [3.63, 3.8) is 0 Å². The van der Waals surface area contributed by atoms with Crippen molar-refractivity contribution in [2.75, 3.05) is 18.4 Å². The zero-order valence-corrected chi connectivity index (χ0v) is 14.8. The maximum Gasteiger partial charge on any atom is 0.255 e. The number of rotatable bonds is 4. The molecule has 1 aliphatic heterocycles. The van der Waals surface area contributed by atoms with E-state index >= 15 is 0 Å². The van der Waals surface area contributed by atoms with Gasteiger partial charge in [0.25, 0.3) is 5.91 Å². The molecule has 1 aliphatic rings. The molecule has 1 fully saturated rings. The first kappa shape index (κ1) is 16.8. The molecule has 128 valence electrons. The van der Waals surface area contributed by atoms with Crippen molar-refractivity contribution in [2.45, 2.75) is 39.7 Å². The number of anilines is 1. The number of benzene rings is 1. The number of aryl methyl sites for hydroxylation is 2. The van der Waals surface area contributed by atoms with E-state index in [9.17, 15) is 4.79 Å². The molecule has 3 rings (SSSR count). The fourth-order valence-electron chi connectivity index (χ4n) is 2.86. The Hall–Kier alpha value is -2.01. The van der Waals surface area contributed by atoms with Gasteiger partial charge >= 0.3 is 0 Å². The van der Waals surface area contributed by atoms with Crippen molar-refractivity contribution in [1.29, 1.82) is 0 Å². The van der Waals surface area contributed by atoms with Crippen molar-refractivity contribution in [3.8, 4) is 0 Å². The summed E-state index contributed by atoms with van der Waals surface area (Å²) >= 11 is 6.33. The Balaban J connectivity index is 1.66. The second kappa shape index (κ2) is 7.26. The number of likely N-dealkylation sites (tertiary alicyclic amines) is 1. The molecule has 1 saturated heterocycles. The summed E-state index contributed by atoms with van der Waals surface area (Å²) in [4.78, 5) is 18.8. The number of hydrogen-bond donors (Lipinski definition) is 1. The second-order valence-corrected chi connectivity index (χ2v) is 6.56. The summed E-state index contributed by atoms with van der Waals surface area (Å²) in [5.41, 5.74) is 2.29. The molecule has 0 saturated carbocycles. The molecule has 1 aromatic carbocycles. The highest BCUT2D eigenvalue weighted by Gasteiger charge is 2.20. The van der Waals surface area contributed by atoms with E-state index in [0.717, 1.165) is 43.1 Å². The number of carbonyl (C=O) groups is 1. The maximum absolute atomic E-state index is 12.5. The van der Waals surface area contributed by atoms with Gasteiger partial charge in [-0.15, -0.1) is 0 Å². The summed E-state index contributed by atoms with van der Waals surface area (Å²) < 4.78 is 5.54. The molecule has 2 aromatic rings. The third kappa shape index (κ3) is 3.73. The number of hydrogen-bond acceptors (Lipinski definition) is 4. The lowest BCUT2D eigenvalue weighted by molar-refractivity contribution is 0.0724. The van der Waals surface area contributed by atoms with E-state index in [0.29, 0.717) is 23.0 Å². The van der Waals surface area contributed by atoms with Crippen LogP contribution in [0.25, 0.3) is 0 Å². The molecule has 5 nitrogen and oxygen atoms in total. The van der Waals surface area contributed by atoms with Crippen LogP contribution < -0.4 is 5.32 Å². The van der Waals surface area contributed by atoms with E-state index in [1.165, 1.54) is 6.42 Å². The number of amides is 1. The predicted molar refractivity (Wildman–Crippen MR) is 94.5 cm³/mol. The first-order chi connectivity index (χ1) is 11.5. The number of carbonyl (C=O) groups excluding carboxylic acids is 1. The molecule has 0 unspecified atom stereocenters. The average molecular weight is 348 g/mol. The van der Waals surface area contributed by atoms with Crippen LogP contribution in [0.5, 0.6) is 0 Å². The molecule has 1 aromatic heterocycles. The van der Waals surface area contributed by atoms with Gasteiger partial charge in [-0.3, -0.25) is 4.79 Å². The van der Waals surface area contributed by atoms with Gasteiger partial charge in [-0.2, -0.15) is 0 Å². The highest BCUT2D eigenvalue weighted by Crippen LogP contribution is 2.24. The van der Waals surface area contributed by atoms with E-state index in [2.05, 4.69) is 10.3 Å². The van der Waals surface area contributed by atoms with Gasteiger partial charge in [0.05, 0.1) is 22.8 Å². The molecule has 0 atom stereocenters. The van der Waals surface area contributed by atoms with Crippen LogP contribution in [0.2, 0.25) is 5.02 Å². The standard InChI is InChI=1S/C18H22ClN3O2/c1-12-13(2)24-17(21-12)11-20-14-6-7-15(16(19)10-14)18(23)22-8-4-3-5-9-22/h6-7,10,20H,3-5,8-9,11H2,1-2H3. The molecule has 0 bridgehead atoms. The Morgan fingerprint density at radius 3 is 2.67 bits per heavy atom. The minimum absolute atomic E-state index is 0.0187. The third-order valence-electron chi connectivity index (χ3n) is 4.36. The molecule has 0 spiro atoms. The highest BCUT2D eigenvalue weighted by molar-refractivity contribution is 6.34. The van der Waals surface area contributed by atoms with Gasteiger partial charge in [-0.05, 0) is 51.3 Å². The Kier molecular flexibility index (Phi) is 5.09. The summed E-state index contributed by atoms with van der Waals surface area (Å²) in [6.45, 7) is 5.92.